The van der Waals surface area contributed by atoms with Crippen LogP contribution in [0.3, 0.4) is 0 Å². The summed E-state index contributed by atoms with van der Waals surface area (Å²) in [5, 5.41) is 0. The predicted octanol–water partition coefficient (Wildman–Crippen LogP) is 3.81. The van der Waals surface area contributed by atoms with Crippen LogP contribution in [0.5, 0.6) is 0 Å². The lowest BCUT2D eigenvalue weighted by atomic mass is 10.0. The highest BCUT2D eigenvalue weighted by atomic mass is 32.2. The van der Waals surface area contributed by atoms with Crippen molar-refractivity contribution in [1.29, 1.82) is 0 Å². The summed E-state index contributed by atoms with van der Waals surface area (Å²) in [6.45, 7) is 5.56. The first-order chi connectivity index (χ1) is 7.68. The third-order valence-corrected chi connectivity index (χ3v) is 4.66. The summed E-state index contributed by atoms with van der Waals surface area (Å²) < 4.78 is 3.20. The number of H-pyrrole nitrogens is 1. The predicted molar refractivity (Wildman–Crippen MR) is 73.8 cm³/mol. The van der Waals surface area contributed by atoms with Crippen molar-refractivity contribution in [2.45, 2.75) is 39.2 Å². The van der Waals surface area contributed by atoms with E-state index in [-0.39, 0.29) is 0 Å². The van der Waals surface area contributed by atoms with Gasteiger partial charge in [0.1, 0.15) is 0 Å². The third-order valence-electron chi connectivity index (χ3n) is 3.27. The van der Waals surface area contributed by atoms with E-state index in [0.29, 0.717) is 5.92 Å². The molecule has 2 nitrogen and oxygen atoms in total. The molecule has 16 heavy (non-hydrogen) atoms. The molecule has 1 aliphatic rings. The molecule has 90 valence electrons. The van der Waals surface area contributed by atoms with E-state index < -0.39 is 0 Å². The smallest absolute Gasteiger partial charge is 0.177 e. The Labute approximate surface area is 107 Å². The molecule has 0 radical (unpaired) electrons. The summed E-state index contributed by atoms with van der Waals surface area (Å²) >= 11 is 7.45. The van der Waals surface area contributed by atoms with Crippen molar-refractivity contribution in [3.8, 4) is 0 Å². The average Bonchev–Trinajstić information content (AvgIpc) is 2.62. The Kier molecular flexibility index (Phi) is 4.14. The fraction of sp³-hybridized carbons (Fsp3) is 0.750. The molecule has 4 heteroatoms. The molecule has 0 saturated carbocycles. The van der Waals surface area contributed by atoms with E-state index in [1.165, 1.54) is 30.0 Å². The van der Waals surface area contributed by atoms with E-state index in [2.05, 4.69) is 41.4 Å². The molecule has 1 saturated heterocycles. The molecule has 0 unspecified atom stereocenters. The van der Waals surface area contributed by atoms with Gasteiger partial charge in [0.05, 0.1) is 0 Å². The van der Waals surface area contributed by atoms with E-state index in [1.807, 2.05) is 0 Å². The molecule has 1 fully saturated rings. The SMILES string of the molecule is CC(C)c1c[nH]c(=S)n1CC1CCSCC1. The highest BCUT2D eigenvalue weighted by molar-refractivity contribution is 7.99. The summed E-state index contributed by atoms with van der Waals surface area (Å²) in [4.78, 5) is 3.18. The molecule has 1 aromatic heterocycles. The Morgan fingerprint density at radius 3 is 2.81 bits per heavy atom. The lowest BCUT2D eigenvalue weighted by Gasteiger charge is -2.23. The van der Waals surface area contributed by atoms with Gasteiger partial charge in [-0.1, -0.05) is 13.8 Å². The van der Waals surface area contributed by atoms with Gasteiger partial charge in [-0.05, 0) is 48.4 Å². The van der Waals surface area contributed by atoms with Crippen molar-refractivity contribution >= 4 is 24.0 Å². The molecule has 2 rings (SSSR count). The van der Waals surface area contributed by atoms with Gasteiger partial charge in [-0.25, -0.2) is 0 Å². The summed E-state index contributed by atoms with van der Waals surface area (Å²) in [5.74, 6) is 4.01. The Hall–Kier alpha value is -0.220. The standard InChI is InChI=1S/C12H20N2S2/c1-9(2)11-7-13-12(15)14(11)8-10-3-5-16-6-4-10/h7,9-10H,3-6,8H2,1-2H3,(H,13,15). The zero-order valence-electron chi connectivity index (χ0n) is 10.0. The number of nitrogens with one attached hydrogen (secondary N) is 1. The fourth-order valence-corrected chi connectivity index (χ4v) is 3.71. The molecule has 0 bridgehead atoms. The van der Waals surface area contributed by atoms with E-state index in [1.54, 1.807) is 0 Å². The minimum atomic E-state index is 0.547. The Morgan fingerprint density at radius 1 is 1.50 bits per heavy atom. The van der Waals surface area contributed by atoms with Crippen LogP contribution >= 0.6 is 24.0 Å². The van der Waals surface area contributed by atoms with Crippen molar-refractivity contribution in [2.24, 2.45) is 5.92 Å². The fourth-order valence-electron chi connectivity index (χ4n) is 2.26. The van der Waals surface area contributed by atoms with Gasteiger partial charge in [0.25, 0.3) is 0 Å². The van der Waals surface area contributed by atoms with Crippen LogP contribution in [0.1, 0.15) is 38.3 Å². The van der Waals surface area contributed by atoms with Crippen LogP contribution in [-0.4, -0.2) is 21.1 Å². The second-order valence-electron chi connectivity index (χ2n) is 4.84. The van der Waals surface area contributed by atoms with Gasteiger partial charge in [0, 0.05) is 18.4 Å². The van der Waals surface area contributed by atoms with Gasteiger partial charge in [-0.2, -0.15) is 11.8 Å². The van der Waals surface area contributed by atoms with Crippen LogP contribution in [0.15, 0.2) is 6.20 Å². The lowest BCUT2D eigenvalue weighted by molar-refractivity contribution is 0.405. The molecule has 0 aliphatic carbocycles. The number of imidazole rings is 1. The van der Waals surface area contributed by atoms with Crippen LogP contribution in [0, 0.1) is 10.7 Å². The third kappa shape index (κ3) is 2.72. The normalized spacial score (nSPS) is 18.2. The van der Waals surface area contributed by atoms with E-state index in [0.717, 1.165) is 17.2 Å². The molecule has 1 aliphatic heterocycles. The minimum Gasteiger partial charge on any atom is -0.337 e. The van der Waals surface area contributed by atoms with Crippen molar-refractivity contribution < 1.29 is 0 Å². The topological polar surface area (TPSA) is 20.7 Å². The summed E-state index contributed by atoms with van der Waals surface area (Å²) in [5.41, 5.74) is 1.35. The number of thioether (sulfide) groups is 1. The van der Waals surface area contributed by atoms with Gasteiger partial charge in [0.2, 0.25) is 0 Å². The monoisotopic (exact) mass is 256 g/mol. The van der Waals surface area contributed by atoms with E-state index >= 15 is 0 Å². The summed E-state index contributed by atoms with van der Waals surface area (Å²) in [6.07, 6.45) is 4.76. The lowest BCUT2D eigenvalue weighted by Crippen LogP contribution is -2.18. The Morgan fingerprint density at radius 2 is 2.19 bits per heavy atom. The molecule has 0 aromatic carbocycles. The molecule has 0 atom stereocenters. The molecule has 0 amide bonds. The maximum absolute atomic E-state index is 5.36. The van der Waals surface area contributed by atoms with E-state index in [4.69, 9.17) is 12.2 Å². The number of rotatable bonds is 3. The Bertz CT molecular complexity index is 386. The van der Waals surface area contributed by atoms with E-state index in [9.17, 15) is 0 Å². The molecule has 0 spiro atoms. The van der Waals surface area contributed by atoms with Gasteiger partial charge in [-0.3, -0.25) is 0 Å². The second-order valence-corrected chi connectivity index (χ2v) is 6.45. The average molecular weight is 256 g/mol. The van der Waals surface area contributed by atoms with Crippen LogP contribution in [0.25, 0.3) is 0 Å². The van der Waals surface area contributed by atoms with Crippen LogP contribution in [0.2, 0.25) is 0 Å². The molecule has 2 heterocycles. The zero-order chi connectivity index (χ0) is 11.5. The first-order valence-electron chi connectivity index (χ1n) is 6.04. The number of nitrogens with zero attached hydrogens (tertiary/aromatic N) is 1. The van der Waals surface area contributed by atoms with Gasteiger partial charge < -0.3 is 9.55 Å². The van der Waals surface area contributed by atoms with Gasteiger partial charge in [-0.15, -0.1) is 0 Å². The number of hydrogen-bond acceptors (Lipinski definition) is 2. The summed E-state index contributed by atoms with van der Waals surface area (Å²) in [7, 11) is 0. The van der Waals surface area contributed by atoms with Crippen molar-refractivity contribution in [1.82, 2.24) is 9.55 Å². The minimum absolute atomic E-state index is 0.547. The maximum Gasteiger partial charge on any atom is 0.177 e. The largest absolute Gasteiger partial charge is 0.337 e. The van der Waals surface area contributed by atoms with Crippen molar-refractivity contribution in [3.05, 3.63) is 16.7 Å². The van der Waals surface area contributed by atoms with Gasteiger partial charge >= 0.3 is 0 Å². The van der Waals surface area contributed by atoms with Crippen LogP contribution in [-0.2, 0) is 6.54 Å². The number of aromatic nitrogens is 2. The highest BCUT2D eigenvalue weighted by Crippen LogP contribution is 2.25. The molecule has 1 N–H and O–H groups in total. The van der Waals surface area contributed by atoms with Gasteiger partial charge in [0.15, 0.2) is 4.77 Å². The second kappa shape index (κ2) is 5.41. The van der Waals surface area contributed by atoms with Crippen molar-refractivity contribution in [2.75, 3.05) is 11.5 Å². The number of hydrogen-bond donors (Lipinski definition) is 1. The molecular weight excluding hydrogens is 236 g/mol. The molecule has 1 aromatic rings. The van der Waals surface area contributed by atoms with Crippen LogP contribution in [0.4, 0.5) is 0 Å². The molecular formula is C12H20N2S2. The Balaban J connectivity index is 2.13. The van der Waals surface area contributed by atoms with Crippen LogP contribution < -0.4 is 0 Å². The maximum atomic E-state index is 5.36. The first-order valence-corrected chi connectivity index (χ1v) is 7.60. The number of aromatic amines is 1. The first kappa shape index (κ1) is 12.2. The zero-order valence-corrected chi connectivity index (χ0v) is 11.7. The summed E-state index contributed by atoms with van der Waals surface area (Å²) in [6, 6.07) is 0. The van der Waals surface area contributed by atoms with Crippen molar-refractivity contribution in [3.63, 3.8) is 0 Å². The highest BCUT2D eigenvalue weighted by Gasteiger charge is 2.17. The quantitative estimate of drug-likeness (QED) is 0.830.